The van der Waals surface area contributed by atoms with E-state index in [-0.39, 0.29) is 24.4 Å². The van der Waals surface area contributed by atoms with E-state index in [0.29, 0.717) is 22.3 Å². The van der Waals surface area contributed by atoms with E-state index >= 15 is 0 Å². The molecule has 0 unspecified atom stereocenters. The molecule has 2 heterocycles. The number of nitrogen functional groups attached to an aromatic ring is 1. The molecule has 2 aromatic rings. The van der Waals surface area contributed by atoms with Gasteiger partial charge in [0.25, 0.3) is 0 Å². The Hall–Kier alpha value is -2.35. The number of anilines is 1. The minimum atomic E-state index is -0.750. The van der Waals surface area contributed by atoms with Gasteiger partial charge in [0.1, 0.15) is 11.9 Å². The van der Waals surface area contributed by atoms with E-state index in [0.717, 1.165) is 36.9 Å². The number of aromatic nitrogens is 1. The summed E-state index contributed by atoms with van der Waals surface area (Å²) in [5.74, 6) is -0.0547. The first-order valence-electron chi connectivity index (χ1n) is 9.88. The molecule has 1 aliphatic heterocycles. The first-order valence-corrected chi connectivity index (χ1v) is 10.6. The number of nitrogens with one attached hydrogen (secondary N) is 3. The molecular formula is C21H25Cl2N5O2. The van der Waals surface area contributed by atoms with Crippen LogP contribution in [0, 0.1) is 0 Å². The predicted molar refractivity (Wildman–Crippen MR) is 118 cm³/mol. The molecule has 160 valence electrons. The lowest BCUT2D eigenvalue weighted by molar-refractivity contribution is -0.130. The van der Waals surface area contributed by atoms with Crippen LogP contribution in [0.5, 0.6) is 0 Å². The molecule has 5 N–H and O–H groups in total. The Bertz CT molecular complexity index is 885. The van der Waals surface area contributed by atoms with E-state index in [1.807, 2.05) is 0 Å². The van der Waals surface area contributed by atoms with Crippen LogP contribution in [0.1, 0.15) is 30.4 Å². The number of hydrogen-bond donors (Lipinski definition) is 4. The SMILES string of the molecule is Nc1ccc(CNC(=O)[C@@H](Cc2ccc(Cl)c(Cl)c2)NC(=O)[C@@H]2CCCCN2)cn1. The van der Waals surface area contributed by atoms with Crippen LogP contribution < -0.4 is 21.7 Å². The average molecular weight is 450 g/mol. The molecule has 0 bridgehead atoms. The summed E-state index contributed by atoms with van der Waals surface area (Å²) in [5.41, 5.74) is 7.21. The third kappa shape index (κ3) is 6.32. The van der Waals surface area contributed by atoms with Crippen LogP contribution in [0.15, 0.2) is 36.5 Å². The maximum absolute atomic E-state index is 12.9. The zero-order valence-electron chi connectivity index (χ0n) is 16.5. The standard InChI is InChI=1S/C21H25Cl2N5O2/c22-15-6-4-13(9-16(15)23)10-18(28-21(30)17-3-1-2-8-25-17)20(29)27-12-14-5-7-19(24)26-11-14/h4-7,9,11,17-18,25H,1-3,8,10,12H2,(H2,24,26)(H,27,29)(H,28,30)/t17-,18+/m0/s1. The van der Waals surface area contributed by atoms with E-state index in [1.54, 1.807) is 36.5 Å². The van der Waals surface area contributed by atoms with Crippen molar-refractivity contribution in [1.29, 1.82) is 0 Å². The van der Waals surface area contributed by atoms with Gasteiger partial charge in [-0.15, -0.1) is 0 Å². The summed E-state index contributed by atoms with van der Waals surface area (Å²) in [6.45, 7) is 1.08. The number of pyridine rings is 1. The lowest BCUT2D eigenvalue weighted by Gasteiger charge is -2.26. The van der Waals surface area contributed by atoms with E-state index in [2.05, 4.69) is 20.9 Å². The van der Waals surface area contributed by atoms with Gasteiger partial charge in [0.15, 0.2) is 0 Å². The van der Waals surface area contributed by atoms with Crippen molar-refractivity contribution in [3.05, 3.63) is 57.7 Å². The zero-order chi connectivity index (χ0) is 21.5. The van der Waals surface area contributed by atoms with Crippen LogP contribution in [-0.2, 0) is 22.6 Å². The minimum Gasteiger partial charge on any atom is -0.384 e. The molecular weight excluding hydrogens is 425 g/mol. The van der Waals surface area contributed by atoms with Crippen LogP contribution in [0.3, 0.4) is 0 Å². The Kier molecular flexibility index (Phi) is 7.90. The molecule has 2 amide bonds. The van der Waals surface area contributed by atoms with Crippen LogP contribution in [0.4, 0.5) is 5.82 Å². The van der Waals surface area contributed by atoms with Gasteiger partial charge in [0, 0.05) is 19.2 Å². The molecule has 1 fully saturated rings. The fourth-order valence-electron chi connectivity index (χ4n) is 3.31. The fraction of sp³-hybridized carbons (Fsp3) is 0.381. The van der Waals surface area contributed by atoms with E-state index in [9.17, 15) is 9.59 Å². The molecule has 7 nitrogen and oxygen atoms in total. The first-order chi connectivity index (χ1) is 14.4. The molecule has 30 heavy (non-hydrogen) atoms. The van der Waals surface area contributed by atoms with Crippen molar-refractivity contribution < 1.29 is 9.59 Å². The Morgan fingerprint density at radius 3 is 2.63 bits per heavy atom. The number of carbonyl (C=O) groups is 2. The maximum atomic E-state index is 12.9. The predicted octanol–water partition coefficient (Wildman–Crippen LogP) is 2.46. The second kappa shape index (κ2) is 10.6. The van der Waals surface area contributed by atoms with Crippen molar-refractivity contribution in [3.8, 4) is 0 Å². The van der Waals surface area contributed by atoms with Crippen LogP contribution >= 0.6 is 23.2 Å². The van der Waals surface area contributed by atoms with Gasteiger partial charge in [-0.05, 0) is 48.7 Å². The van der Waals surface area contributed by atoms with Gasteiger partial charge in [-0.3, -0.25) is 9.59 Å². The lowest BCUT2D eigenvalue weighted by atomic mass is 10.0. The van der Waals surface area contributed by atoms with E-state index < -0.39 is 6.04 Å². The van der Waals surface area contributed by atoms with Crippen molar-refractivity contribution in [3.63, 3.8) is 0 Å². The van der Waals surface area contributed by atoms with Crippen LogP contribution in [-0.4, -0.2) is 35.4 Å². The van der Waals surface area contributed by atoms with Crippen molar-refractivity contribution >= 4 is 40.8 Å². The number of nitrogens with zero attached hydrogens (tertiary/aromatic N) is 1. The Balaban J connectivity index is 1.69. The normalized spacial score (nSPS) is 17.2. The average Bonchev–Trinajstić information content (AvgIpc) is 2.75. The highest BCUT2D eigenvalue weighted by Gasteiger charge is 2.26. The van der Waals surface area contributed by atoms with Crippen LogP contribution in [0.25, 0.3) is 0 Å². The fourth-order valence-corrected chi connectivity index (χ4v) is 3.63. The van der Waals surface area contributed by atoms with E-state index in [1.165, 1.54) is 0 Å². The third-order valence-electron chi connectivity index (χ3n) is 5.00. The molecule has 0 saturated carbocycles. The molecule has 0 aliphatic carbocycles. The number of hydrogen-bond acceptors (Lipinski definition) is 5. The highest BCUT2D eigenvalue weighted by atomic mass is 35.5. The first kappa shape index (κ1) is 22.3. The number of piperidine rings is 1. The highest BCUT2D eigenvalue weighted by molar-refractivity contribution is 6.42. The molecule has 9 heteroatoms. The molecule has 1 aromatic carbocycles. The number of rotatable bonds is 7. The van der Waals surface area contributed by atoms with Crippen molar-refractivity contribution in [2.75, 3.05) is 12.3 Å². The van der Waals surface area contributed by atoms with E-state index in [4.69, 9.17) is 28.9 Å². The van der Waals surface area contributed by atoms with Crippen LogP contribution in [0.2, 0.25) is 10.0 Å². The minimum absolute atomic E-state index is 0.177. The van der Waals surface area contributed by atoms with Gasteiger partial charge in [0.2, 0.25) is 11.8 Å². The molecule has 0 radical (unpaired) electrons. The van der Waals surface area contributed by atoms with Crippen molar-refractivity contribution in [2.45, 2.75) is 44.3 Å². The Morgan fingerprint density at radius 2 is 1.97 bits per heavy atom. The molecule has 2 atom stereocenters. The highest BCUT2D eigenvalue weighted by Crippen LogP contribution is 2.23. The summed E-state index contributed by atoms with van der Waals surface area (Å²) in [5, 5.41) is 9.79. The molecule has 1 aromatic heterocycles. The summed E-state index contributed by atoms with van der Waals surface area (Å²) in [4.78, 5) is 29.6. The smallest absolute Gasteiger partial charge is 0.243 e. The van der Waals surface area contributed by atoms with Gasteiger partial charge in [-0.25, -0.2) is 4.98 Å². The number of amides is 2. The summed E-state index contributed by atoms with van der Waals surface area (Å²) in [7, 11) is 0. The summed E-state index contributed by atoms with van der Waals surface area (Å²) in [6, 6.07) is 7.61. The Labute approximate surface area is 185 Å². The van der Waals surface area contributed by atoms with Gasteiger partial charge in [-0.1, -0.05) is 41.8 Å². The van der Waals surface area contributed by atoms with Gasteiger partial charge in [-0.2, -0.15) is 0 Å². The second-order valence-corrected chi connectivity index (χ2v) is 8.14. The maximum Gasteiger partial charge on any atom is 0.243 e. The van der Waals surface area contributed by atoms with Gasteiger partial charge in [0.05, 0.1) is 16.1 Å². The second-order valence-electron chi connectivity index (χ2n) is 7.33. The number of benzene rings is 1. The third-order valence-corrected chi connectivity index (χ3v) is 5.74. The monoisotopic (exact) mass is 449 g/mol. The van der Waals surface area contributed by atoms with Crippen molar-refractivity contribution in [2.24, 2.45) is 0 Å². The summed E-state index contributed by atoms with van der Waals surface area (Å²) < 4.78 is 0. The number of nitrogens with two attached hydrogens (primary N) is 1. The lowest BCUT2D eigenvalue weighted by Crippen LogP contribution is -2.54. The topological polar surface area (TPSA) is 109 Å². The number of carbonyl (C=O) groups excluding carboxylic acids is 2. The van der Waals surface area contributed by atoms with Gasteiger partial charge >= 0.3 is 0 Å². The summed E-state index contributed by atoms with van der Waals surface area (Å²) >= 11 is 12.1. The van der Waals surface area contributed by atoms with Crippen molar-refractivity contribution in [1.82, 2.24) is 20.9 Å². The number of halogens is 2. The summed E-state index contributed by atoms with van der Waals surface area (Å²) in [6.07, 6.45) is 4.69. The Morgan fingerprint density at radius 1 is 1.17 bits per heavy atom. The zero-order valence-corrected chi connectivity index (χ0v) is 18.0. The molecule has 1 aliphatic rings. The quantitative estimate of drug-likeness (QED) is 0.518. The molecule has 0 spiro atoms. The largest absolute Gasteiger partial charge is 0.384 e. The van der Waals surface area contributed by atoms with Gasteiger partial charge < -0.3 is 21.7 Å². The molecule has 1 saturated heterocycles. The molecule has 3 rings (SSSR count).